The summed E-state index contributed by atoms with van der Waals surface area (Å²) in [6, 6.07) is -1.43. The van der Waals surface area contributed by atoms with Crippen LogP contribution in [0, 0.1) is 5.41 Å². The molecule has 3 fully saturated rings. The van der Waals surface area contributed by atoms with Crippen LogP contribution in [0.2, 0.25) is 0 Å². The highest BCUT2D eigenvalue weighted by Crippen LogP contribution is 2.40. The van der Waals surface area contributed by atoms with Gasteiger partial charge in [-0.05, 0) is 31.1 Å². The summed E-state index contributed by atoms with van der Waals surface area (Å²) >= 11 is 0. The van der Waals surface area contributed by atoms with Crippen LogP contribution in [0.5, 0.6) is 0 Å². The summed E-state index contributed by atoms with van der Waals surface area (Å²) in [6.45, 7) is 6.07. The Labute approximate surface area is 191 Å². The van der Waals surface area contributed by atoms with Gasteiger partial charge in [0.05, 0.1) is 18.3 Å². The van der Waals surface area contributed by atoms with Gasteiger partial charge in [0.1, 0.15) is 12.1 Å². The summed E-state index contributed by atoms with van der Waals surface area (Å²) < 4.78 is 7.22. The average Bonchev–Trinajstić information content (AvgIpc) is 3.65. The van der Waals surface area contributed by atoms with Gasteiger partial charge in [0, 0.05) is 31.0 Å². The van der Waals surface area contributed by atoms with Gasteiger partial charge in [-0.2, -0.15) is 0 Å². The van der Waals surface area contributed by atoms with Crippen LogP contribution in [0.3, 0.4) is 0 Å². The number of carbonyl (C=O) groups is 2. The van der Waals surface area contributed by atoms with Crippen molar-refractivity contribution in [3.05, 3.63) is 23.7 Å². The molecule has 2 amide bonds. The predicted molar refractivity (Wildman–Crippen MR) is 115 cm³/mol. The van der Waals surface area contributed by atoms with E-state index in [4.69, 9.17) is 4.42 Å². The Morgan fingerprint density at radius 2 is 1.91 bits per heavy atom. The largest absolute Gasteiger partial charge is 0.423 e. The highest BCUT2D eigenvalue weighted by molar-refractivity contribution is 5.90. The number of carbonyl (C=O) groups excluding carboxylic acids is 2. The molecule has 2 N–H and O–H groups in total. The maximum absolute atomic E-state index is 13.7. The highest BCUT2D eigenvalue weighted by atomic mass is 16.4. The molecule has 0 radical (unpaired) electrons. The predicted octanol–water partition coefficient (Wildman–Crippen LogP) is 1.28. The Hall–Kier alpha value is -2.82. The molecule has 3 heterocycles. The molecule has 2 saturated carbocycles. The summed E-state index contributed by atoms with van der Waals surface area (Å²) in [5.74, 6) is 1.11. The molecule has 178 valence electrons. The zero-order chi connectivity index (χ0) is 23.3. The second kappa shape index (κ2) is 8.19. The summed E-state index contributed by atoms with van der Waals surface area (Å²) in [6.07, 6.45) is 5.54. The molecular weight excluding hydrogens is 426 g/mol. The van der Waals surface area contributed by atoms with E-state index < -0.39 is 23.6 Å². The maximum atomic E-state index is 13.7. The average molecular weight is 458 g/mol. The van der Waals surface area contributed by atoms with Crippen molar-refractivity contribution in [3.63, 3.8) is 0 Å². The van der Waals surface area contributed by atoms with E-state index in [0.717, 1.165) is 31.4 Å². The zero-order valence-corrected chi connectivity index (χ0v) is 19.3. The molecule has 1 aliphatic heterocycles. The topological polar surface area (TPSA) is 139 Å². The summed E-state index contributed by atoms with van der Waals surface area (Å²) in [7, 11) is 0. The van der Waals surface area contributed by atoms with Crippen molar-refractivity contribution in [2.24, 2.45) is 5.41 Å². The molecule has 0 spiro atoms. The summed E-state index contributed by atoms with van der Waals surface area (Å²) in [5, 5.41) is 29.6. The van der Waals surface area contributed by atoms with Gasteiger partial charge in [-0.3, -0.25) is 9.59 Å². The molecule has 1 saturated heterocycles. The van der Waals surface area contributed by atoms with Crippen LogP contribution >= 0.6 is 0 Å². The minimum absolute atomic E-state index is 0.0870. The van der Waals surface area contributed by atoms with E-state index in [1.165, 1.54) is 4.90 Å². The fraction of sp³-hybridized carbons (Fsp3) is 0.727. The lowest BCUT2D eigenvalue weighted by molar-refractivity contribution is -0.144. The SMILES string of the molecule is CC(C)(C)[C@@H](C(=O)N1C[C@H](O)C[C@H]1C(=O)NCc1nnc(C2CC2)o1)n1cc(C2CC2)nn1. The smallest absolute Gasteiger partial charge is 0.248 e. The molecule has 0 aromatic carbocycles. The normalized spacial score (nSPS) is 24.2. The van der Waals surface area contributed by atoms with Crippen molar-refractivity contribution < 1.29 is 19.1 Å². The highest BCUT2D eigenvalue weighted by Gasteiger charge is 2.45. The van der Waals surface area contributed by atoms with Crippen LogP contribution in [0.25, 0.3) is 0 Å². The minimum atomic E-state index is -0.783. The molecule has 3 atom stereocenters. The Kier molecular flexibility index (Phi) is 5.46. The molecular formula is C22H31N7O4. The molecule has 3 aliphatic rings. The van der Waals surface area contributed by atoms with Gasteiger partial charge in [-0.25, -0.2) is 4.68 Å². The van der Waals surface area contributed by atoms with Crippen molar-refractivity contribution in [1.29, 1.82) is 0 Å². The monoisotopic (exact) mass is 457 g/mol. The van der Waals surface area contributed by atoms with Gasteiger partial charge in [0.15, 0.2) is 0 Å². The lowest BCUT2D eigenvalue weighted by atomic mass is 9.85. The number of rotatable bonds is 7. The fourth-order valence-electron chi connectivity index (χ4n) is 4.44. The molecule has 11 nitrogen and oxygen atoms in total. The number of likely N-dealkylation sites (tertiary alicyclic amines) is 1. The lowest BCUT2D eigenvalue weighted by Crippen LogP contribution is -2.50. The second-order valence-corrected chi connectivity index (χ2v) is 10.6. The van der Waals surface area contributed by atoms with Gasteiger partial charge in [0.25, 0.3) is 0 Å². The molecule has 5 rings (SSSR count). The first-order valence-corrected chi connectivity index (χ1v) is 11.7. The van der Waals surface area contributed by atoms with E-state index in [1.807, 2.05) is 27.0 Å². The third kappa shape index (κ3) is 4.64. The number of β-amino-alcohol motifs (C(OH)–C–C–N with tert-alkyl or cyclic N) is 1. The van der Waals surface area contributed by atoms with E-state index >= 15 is 0 Å². The van der Waals surface area contributed by atoms with Crippen molar-refractivity contribution in [1.82, 2.24) is 35.4 Å². The molecule has 2 aromatic rings. The van der Waals surface area contributed by atoms with Crippen LogP contribution in [-0.2, 0) is 16.1 Å². The number of hydrogen-bond donors (Lipinski definition) is 2. The van der Waals surface area contributed by atoms with Crippen LogP contribution in [0.1, 0.15) is 88.2 Å². The third-order valence-electron chi connectivity index (χ3n) is 6.53. The molecule has 0 bridgehead atoms. The number of aliphatic hydroxyl groups excluding tert-OH is 1. The van der Waals surface area contributed by atoms with E-state index in [2.05, 4.69) is 25.8 Å². The van der Waals surface area contributed by atoms with Crippen molar-refractivity contribution >= 4 is 11.8 Å². The van der Waals surface area contributed by atoms with E-state index in [-0.39, 0.29) is 31.3 Å². The Balaban J connectivity index is 1.30. The van der Waals surface area contributed by atoms with Gasteiger partial charge in [-0.1, -0.05) is 26.0 Å². The third-order valence-corrected chi connectivity index (χ3v) is 6.53. The van der Waals surface area contributed by atoms with Crippen molar-refractivity contribution in [2.45, 2.75) is 89.4 Å². The van der Waals surface area contributed by atoms with Gasteiger partial charge in [0.2, 0.25) is 23.6 Å². The Morgan fingerprint density at radius 1 is 1.18 bits per heavy atom. The van der Waals surface area contributed by atoms with Gasteiger partial charge < -0.3 is 19.7 Å². The maximum Gasteiger partial charge on any atom is 0.248 e. The summed E-state index contributed by atoms with van der Waals surface area (Å²) in [4.78, 5) is 28.2. The van der Waals surface area contributed by atoms with E-state index in [9.17, 15) is 14.7 Å². The number of aliphatic hydroxyl groups is 1. The Morgan fingerprint density at radius 3 is 2.58 bits per heavy atom. The molecule has 11 heteroatoms. The fourth-order valence-corrected chi connectivity index (χ4v) is 4.44. The van der Waals surface area contributed by atoms with Gasteiger partial charge in [-0.15, -0.1) is 15.3 Å². The number of amides is 2. The van der Waals surface area contributed by atoms with E-state index in [1.54, 1.807) is 4.68 Å². The molecule has 2 aliphatic carbocycles. The Bertz CT molecular complexity index is 1030. The first-order valence-electron chi connectivity index (χ1n) is 11.7. The number of aromatic nitrogens is 5. The number of hydrogen-bond acceptors (Lipinski definition) is 8. The van der Waals surface area contributed by atoms with Gasteiger partial charge >= 0.3 is 0 Å². The van der Waals surface area contributed by atoms with Crippen molar-refractivity contribution in [2.75, 3.05) is 6.54 Å². The number of nitrogens with zero attached hydrogens (tertiary/aromatic N) is 6. The first kappa shape index (κ1) is 22.0. The van der Waals surface area contributed by atoms with Crippen molar-refractivity contribution in [3.8, 4) is 0 Å². The molecule has 0 unspecified atom stereocenters. The van der Waals surface area contributed by atoms with E-state index in [0.29, 0.717) is 23.6 Å². The zero-order valence-electron chi connectivity index (χ0n) is 19.3. The molecule has 33 heavy (non-hydrogen) atoms. The first-order chi connectivity index (χ1) is 15.7. The standard InChI is InChI=1S/C22H31N7O4/c1-22(2,3)18(29-11-15(24-27-29)12-4-5-12)21(32)28-10-14(30)8-16(28)19(31)23-9-17-25-26-20(33-17)13-6-7-13/h11-14,16,18,30H,4-10H2,1-3H3,(H,23,31)/t14-,16+,18-/m1/s1. The van der Waals surface area contributed by atoms with Crippen LogP contribution in [0.4, 0.5) is 0 Å². The van der Waals surface area contributed by atoms with Crippen LogP contribution < -0.4 is 5.32 Å². The minimum Gasteiger partial charge on any atom is -0.423 e. The molecule has 2 aromatic heterocycles. The lowest BCUT2D eigenvalue weighted by Gasteiger charge is -2.34. The second-order valence-electron chi connectivity index (χ2n) is 10.6. The van der Waals surface area contributed by atoms with Crippen LogP contribution in [-0.4, -0.2) is 65.7 Å². The number of nitrogens with one attached hydrogen (secondary N) is 1. The quantitative estimate of drug-likeness (QED) is 0.634. The summed E-state index contributed by atoms with van der Waals surface area (Å²) in [5.41, 5.74) is 0.432. The van der Waals surface area contributed by atoms with Crippen LogP contribution in [0.15, 0.2) is 10.6 Å².